The van der Waals surface area contributed by atoms with Gasteiger partial charge >= 0.3 is 0 Å². The number of allylic oxidation sites excluding steroid dienone is 3. The van der Waals surface area contributed by atoms with Crippen LogP contribution in [0.3, 0.4) is 0 Å². The number of hydrogen-bond donors (Lipinski definition) is 0. The number of benzene rings is 13. The summed E-state index contributed by atoms with van der Waals surface area (Å²) in [5, 5.41) is 5.15. The fourth-order valence-corrected chi connectivity index (χ4v) is 16.6. The summed E-state index contributed by atoms with van der Waals surface area (Å²) in [4.78, 5) is 4.88. The fourth-order valence-electron chi connectivity index (χ4n) is 16.6. The van der Waals surface area contributed by atoms with E-state index < -0.39 is 0 Å². The van der Waals surface area contributed by atoms with Crippen molar-refractivity contribution in [3.8, 4) is 44.5 Å². The smallest absolute Gasteiger partial charge is 0.0465 e. The second kappa shape index (κ2) is 23.1. The summed E-state index contributed by atoms with van der Waals surface area (Å²) in [5.74, 6) is 0.318. The van der Waals surface area contributed by atoms with E-state index in [1.807, 2.05) is 0 Å². The van der Waals surface area contributed by atoms with Gasteiger partial charge in [0.25, 0.3) is 0 Å². The lowest BCUT2D eigenvalue weighted by molar-refractivity contribution is 0.660. The molecule has 2 nitrogen and oxygen atoms in total. The summed E-state index contributed by atoms with van der Waals surface area (Å²) in [6.45, 7) is 18.7. The van der Waals surface area contributed by atoms with Gasteiger partial charge in [-0.2, -0.15) is 0 Å². The SMILES string of the molecule is Cc1cccc(N(C2=CCC(c3cccc4ccccc34)C=C2)c2ccc3c(c2)C(C)(C)c2cc(/C=C/c4ccc5c(c4)C(C)(C)c4cc(/C=C/c6ccc7c(c6)C(C)(C)c6cc(N(c8ccc(-c9cccc%10ccccc9%10)cc8)c8cccc(C)c8)ccc6-7)ccc4-5)ccc2-3)c1. The Labute approximate surface area is 572 Å². The van der Waals surface area contributed by atoms with E-state index in [1.165, 1.54) is 155 Å². The molecule has 4 aliphatic rings. The van der Waals surface area contributed by atoms with Crippen LogP contribution in [0.15, 0.2) is 291 Å². The number of nitrogens with zero attached hydrogens (tertiary/aromatic N) is 2. The van der Waals surface area contributed by atoms with Gasteiger partial charge in [-0.15, -0.1) is 0 Å². The first-order valence-electron chi connectivity index (χ1n) is 34.5. The first kappa shape index (κ1) is 59.7. The van der Waals surface area contributed by atoms with Crippen molar-refractivity contribution < 1.29 is 0 Å². The summed E-state index contributed by atoms with van der Waals surface area (Å²) < 4.78 is 0. The minimum atomic E-state index is -0.211. The first-order chi connectivity index (χ1) is 47.1. The minimum absolute atomic E-state index is 0.169. The Hall–Kier alpha value is -11.1. The van der Waals surface area contributed by atoms with Gasteiger partial charge in [-0.05, 0) is 225 Å². The molecule has 0 saturated heterocycles. The van der Waals surface area contributed by atoms with Crippen LogP contribution >= 0.6 is 0 Å². The molecule has 2 heteroatoms. The lowest BCUT2D eigenvalue weighted by Gasteiger charge is -2.31. The molecular weight excluding hydrogens is 1170 g/mol. The highest BCUT2D eigenvalue weighted by Crippen LogP contribution is 2.54. The van der Waals surface area contributed by atoms with Crippen molar-refractivity contribution >= 4 is 74.3 Å². The number of rotatable bonds is 12. The maximum Gasteiger partial charge on any atom is 0.0465 e. The van der Waals surface area contributed by atoms with Crippen LogP contribution in [0.1, 0.15) is 126 Å². The fraction of sp³-hybridized carbons (Fsp3) is 0.137. The maximum atomic E-state index is 2.46. The van der Waals surface area contributed by atoms with Gasteiger partial charge in [-0.25, -0.2) is 0 Å². The Kier molecular flexibility index (Phi) is 14.2. The van der Waals surface area contributed by atoms with Crippen molar-refractivity contribution in [3.05, 3.63) is 363 Å². The summed E-state index contributed by atoms with van der Waals surface area (Å²) >= 11 is 0. The lowest BCUT2D eigenvalue weighted by atomic mass is 9.81. The molecule has 0 aromatic heterocycles. The predicted octanol–water partition coefficient (Wildman–Crippen LogP) is 25.8. The number of anilines is 5. The average Bonchev–Trinajstić information content (AvgIpc) is 1.60. The van der Waals surface area contributed by atoms with Gasteiger partial charge in [0.05, 0.1) is 0 Å². The molecule has 0 saturated carbocycles. The third kappa shape index (κ3) is 10.2. The molecule has 17 rings (SSSR count). The first-order valence-corrected chi connectivity index (χ1v) is 34.5. The highest BCUT2D eigenvalue weighted by Gasteiger charge is 2.39. The molecule has 0 fully saturated rings. The third-order valence-corrected chi connectivity index (χ3v) is 21.9. The van der Waals surface area contributed by atoms with E-state index in [0.29, 0.717) is 5.92 Å². The van der Waals surface area contributed by atoms with Gasteiger partial charge < -0.3 is 9.80 Å². The standard InChI is InChI=1S/C95H78N2/c1-61-17-13-23-73(53-61)96(71-41-37-69(38-42-71)79-27-15-21-67-19-9-11-25-77(67)79)75-45-51-85-83-49-35-65(57-89(83)94(5,6)91(85)59-75)31-29-63-33-47-81-82-48-34-64(56-88(82)93(3,4)87(81)55-63)30-32-66-36-50-84-86-52-46-76(60-92(86)95(7,8)90(84)58-66)97(74-24-14-18-62(2)54-74)72-43-39-70(40-44-72)80-28-16-22-68-20-10-12-26-78(68)80/h9-39,41-60,70H,40H2,1-8H3/b31-29+,32-30+. The largest absolute Gasteiger partial charge is 0.311 e. The molecule has 0 amide bonds. The van der Waals surface area contributed by atoms with E-state index in [-0.39, 0.29) is 16.2 Å². The average molecular weight is 1250 g/mol. The van der Waals surface area contributed by atoms with Gasteiger partial charge in [0.2, 0.25) is 0 Å². The normalized spacial score (nSPS) is 15.7. The summed E-state index contributed by atoms with van der Waals surface area (Å²) in [5.41, 5.74) is 33.6. The van der Waals surface area contributed by atoms with Gasteiger partial charge in [0, 0.05) is 56.3 Å². The molecule has 0 bridgehead atoms. The molecule has 0 spiro atoms. The zero-order valence-electron chi connectivity index (χ0n) is 56.6. The molecular formula is C95H78N2. The molecule has 0 heterocycles. The van der Waals surface area contributed by atoms with Crippen molar-refractivity contribution in [3.63, 3.8) is 0 Å². The number of hydrogen-bond acceptors (Lipinski definition) is 2. The van der Waals surface area contributed by atoms with Crippen LogP contribution in [0.5, 0.6) is 0 Å². The van der Waals surface area contributed by atoms with Gasteiger partial charge in [-0.3, -0.25) is 0 Å². The zero-order valence-corrected chi connectivity index (χ0v) is 56.6. The summed E-state index contributed by atoms with van der Waals surface area (Å²) in [6.07, 6.45) is 17.4. The second-order valence-electron chi connectivity index (χ2n) is 29.0. The lowest BCUT2D eigenvalue weighted by Crippen LogP contribution is -2.19. The molecule has 1 atom stereocenters. The van der Waals surface area contributed by atoms with E-state index in [4.69, 9.17) is 0 Å². The van der Waals surface area contributed by atoms with Crippen LogP contribution in [0.2, 0.25) is 0 Å². The topological polar surface area (TPSA) is 6.48 Å². The van der Waals surface area contributed by atoms with Crippen molar-refractivity contribution in [1.82, 2.24) is 0 Å². The molecule has 0 aliphatic heterocycles. The van der Waals surface area contributed by atoms with Crippen molar-refractivity contribution in [1.29, 1.82) is 0 Å². The van der Waals surface area contributed by atoms with E-state index in [0.717, 1.165) is 23.5 Å². The van der Waals surface area contributed by atoms with Gasteiger partial charge in [0.1, 0.15) is 0 Å². The van der Waals surface area contributed by atoms with Gasteiger partial charge in [0.15, 0.2) is 0 Å². The van der Waals surface area contributed by atoms with E-state index in [9.17, 15) is 0 Å². The molecule has 13 aromatic carbocycles. The highest BCUT2D eigenvalue weighted by atomic mass is 15.2. The Balaban J connectivity index is 0.597. The highest BCUT2D eigenvalue weighted by molar-refractivity contribution is 5.98. The third-order valence-electron chi connectivity index (χ3n) is 21.9. The molecule has 4 aliphatic carbocycles. The molecule has 1 unspecified atom stereocenters. The van der Waals surface area contributed by atoms with Crippen LogP contribution < -0.4 is 9.80 Å². The Morgan fingerprint density at radius 1 is 0.320 bits per heavy atom. The van der Waals surface area contributed by atoms with E-state index in [1.54, 1.807) is 0 Å². The summed E-state index contributed by atoms with van der Waals surface area (Å²) in [6, 6.07) is 100. The molecule has 0 radical (unpaired) electrons. The quantitative estimate of drug-likeness (QED) is 0.113. The molecule has 468 valence electrons. The summed E-state index contributed by atoms with van der Waals surface area (Å²) in [7, 11) is 0. The van der Waals surface area contributed by atoms with Crippen LogP contribution in [-0.2, 0) is 16.2 Å². The van der Waals surface area contributed by atoms with Crippen LogP contribution in [0.4, 0.5) is 28.4 Å². The Morgan fingerprint density at radius 3 is 1.18 bits per heavy atom. The van der Waals surface area contributed by atoms with Crippen molar-refractivity contribution in [2.24, 2.45) is 0 Å². The predicted molar refractivity (Wildman–Crippen MR) is 414 cm³/mol. The second-order valence-corrected chi connectivity index (χ2v) is 29.0. The van der Waals surface area contributed by atoms with E-state index >= 15 is 0 Å². The number of fused-ring (bicyclic) bond motifs is 11. The molecule has 13 aromatic rings. The van der Waals surface area contributed by atoms with Crippen molar-refractivity contribution in [2.45, 2.75) is 84.0 Å². The molecule has 97 heavy (non-hydrogen) atoms. The Bertz CT molecular complexity index is 5490. The molecule has 0 N–H and O–H groups in total. The zero-order chi connectivity index (χ0) is 65.9. The minimum Gasteiger partial charge on any atom is -0.311 e. The van der Waals surface area contributed by atoms with Crippen LogP contribution in [0, 0.1) is 13.8 Å². The van der Waals surface area contributed by atoms with Crippen LogP contribution in [0.25, 0.3) is 90.4 Å². The van der Waals surface area contributed by atoms with E-state index in [2.05, 4.69) is 375 Å². The van der Waals surface area contributed by atoms with Crippen LogP contribution in [-0.4, -0.2) is 0 Å². The Morgan fingerprint density at radius 2 is 0.701 bits per heavy atom. The maximum absolute atomic E-state index is 2.46. The monoisotopic (exact) mass is 1250 g/mol. The number of aryl methyl sites for hydroxylation is 2. The van der Waals surface area contributed by atoms with Crippen molar-refractivity contribution in [2.75, 3.05) is 9.80 Å². The van der Waals surface area contributed by atoms with Gasteiger partial charge in [-0.1, -0.05) is 284 Å².